The van der Waals surface area contributed by atoms with Crippen molar-refractivity contribution in [3.8, 4) is 0 Å². The number of esters is 1. The fourth-order valence-electron chi connectivity index (χ4n) is 2.55. The van der Waals surface area contributed by atoms with Crippen LogP contribution in [0.1, 0.15) is 47.5 Å². The summed E-state index contributed by atoms with van der Waals surface area (Å²) < 4.78 is 10.0. The largest absolute Gasteiger partial charge is 0.464 e. The number of hydrogen-bond acceptors (Lipinski definition) is 5. The number of likely N-dealkylation sites (N-methyl/N-ethyl adjacent to an activating group) is 1. The molecule has 1 N–H and O–H groups in total. The normalized spacial score (nSPS) is 20.3. The van der Waals surface area contributed by atoms with Gasteiger partial charge in [-0.15, -0.1) is 0 Å². The van der Waals surface area contributed by atoms with Crippen LogP contribution in [0.3, 0.4) is 0 Å². The van der Waals surface area contributed by atoms with E-state index in [4.69, 9.17) is 9.47 Å². The molecule has 0 radical (unpaired) electrons. The number of hydrogen-bond donors (Lipinski definition) is 1. The van der Waals surface area contributed by atoms with Gasteiger partial charge in [0.2, 0.25) is 5.91 Å². The second-order valence-corrected chi connectivity index (χ2v) is 7.30. The SMILES string of the molecule is CCOC(=O)[C@H]1OC1C(=O)N(C)C(CC(C)C)C(=O)NCCC(C)C. The number of amides is 2. The lowest BCUT2D eigenvalue weighted by molar-refractivity contribution is -0.145. The molecule has 7 heteroatoms. The zero-order chi connectivity index (χ0) is 19.1. The molecule has 0 aromatic carbocycles. The van der Waals surface area contributed by atoms with Crippen molar-refractivity contribution in [2.75, 3.05) is 20.2 Å². The summed E-state index contributed by atoms with van der Waals surface area (Å²) in [4.78, 5) is 38.1. The molecule has 0 spiro atoms. The Morgan fingerprint density at radius 1 is 1.12 bits per heavy atom. The zero-order valence-electron chi connectivity index (χ0n) is 16.2. The maximum Gasteiger partial charge on any atom is 0.338 e. The van der Waals surface area contributed by atoms with Crippen molar-refractivity contribution in [1.82, 2.24) is 10.2 Å². The minimum atomic E-state index is -0.849. The van der Waals surface area contributed by atoms with Crippen molar-refractivity contribution >= 4 is 17.8 Å². The highest BCUT2D eigenvalue weighted by atomic mass is 16.6. The summed E-state index contributed by atoms with van der Waals surface area (Å²) in [5, 5.41) is 2.90. The minimum absolute atomic E-state index is 0.168. The predicted octanol–water partition coefficient (Wildman–Crippen LogP) is 1.35. The standard InChI is InChI=1S/C18H32N2O5/c1-7-24-18(23)15-14(25-15)17(22)20(6)13(10-12(4)5)16(21)19-9-8-11(2)3/h11-15H,7-10H2,1-6H3,(H,19,21)/t13?,14?,15-/m0/s1. The molecule has 1 rings (SSSR count). The third-order valence-corrected chi connectivity index (χ3v) is 4.09. The molecule has 0 aromatic heterocycles. The molecule has 1 aliphatic rings. The molecule has 1 saturated heterocycles. The van der Waals surface area contributed by atoms with E-state index < -0.39 is 24.2 Å². The fraction of sp³-hybridized carbons (Fsp3) is 0.833. The van der Waals surface area contributed by atoms with E-state index in [1.54, 1.807) is 14.0 Å². The molecule has 0 saturated carbocycles. The van der Waals surface area contributed by atoms with E-state index in [0.717, 1.165) is 6.42 Å². The Kier molecular flexibility index (Phi) is 8.35. The highest BCUT2D eigenvalue weighted by molar-refractivity contribution is 5.95. The maximum atomic E-state index is 12.5. The van der Waals surface area contributed by atoms with Crippen molar-refractivity contribution in [1.29, 1.82) is 0 Å². The molecule has 0 bridgehead atoms. The summed E-state index contributed by atoms with van der Waals surface area (Å²) in [6.07, 6.45) is -0.262. The highest BCUT2D eigenvalue weighted by Gasteiger charge is 2.53. The van der Waals surface area contributed by atoms with Gasteiger partial charge in [-0.25, -0.2) is 4.79 Å². The van der Waals surface area contributed by atoms with Crippen molar-refractivity contribution in [3.05, 3.63) is 0 Å². The quantitative estimate of drug-likeness (QED) is 0.471. The van der Waals surface area contributed by atoms with E-state index in [0.29, 0.717) is 18.9 Å². The van der Waals surface area contributed by atoms with Crippen LogP contribution in [0.2, 0.25) is 0 Å². The van der Waals surface area contributed by atoms with Gasteiger partial charge in [-0.1, -0.05) is 27.7 Å². The van der Waals surface area contributed by atoms with Gasteiger partial charge in [-0.3, -0.25) is 9.59 Å². The molecule has 144 valence electrons. The van der Waals surface area contributed by atoms with Crippen LogP contribution in [0.25, 0.3) is 0 Å². The van der Waals surface area contributed by atoms with Gasteiger partial charge in [0.25, 0.3) is 5.91 Å². The minimum Gasteiger partial charge on any atom is -0.464 e. The summed E-state index contributed by atoms with van der Waals surface area (Å²) in [5.74, 6) is -0.317. The number of rotatable bonds is 10. The van der Waals surface area contributed by atoms with E-state index >= 15 is 0 Å². The summed E-state index contributed by atoms with van der Waals surface area (Å²) >= 11 is 0. The third kappa shape index (κ3) is 6.65. The molecule has 3 atom stereocenters. The Morgan fingerprint density at radius 3 is 2.28 bits per heavy atom. The van der Waals surface area contributed by atoms with Gasteiger partial charge in [-0.05, 0) is 31.6 Å². The monoisotopic (exact) mass is 356 g/mol. The van der Waals surface area contributed by atoms with E-state index in [2.05, 4.69) is 19.2 Å². The predicted molar refractivity (Wildman–Crippen MR) is 93.8 cm³/mol. The summed E-state index contributed by atoms with van der Waals surface area (Å²) in [5.41, 5.74) is 0. The number of carbonyl (C=O) groups excluding carboxylic acids is 3. The molecule has 2 unspecified atom stereocenters. The second-order valence-electron chi connectivity index (χ2n) is 7.30. The Bertz CT molecular complexity index is 478. The van der Waals surface area contributed by atoms with Gasteiger partial charge in [0.1, 0.15) is 6.04 Å². The van der Waals surface area contributed by atoms with Crippen LogP contribution < -0.4 is 5.32 Å². The van der Waals surface area contributed by atoms with E-state index in [1.807, 2.05) is 13.8 Å². The van der Waals surface area contributed by atoms with Gasteiger partial charge >= 0.3 is 5.97 Å². The Hall–Kier alpha value is -1.63. The van der Waals surface area contributed by atoms with Crippen molar-refractivity contribution in [3.63, 3.8) is 0 Å². The number of ether oxygens (including phenoxy) is 2. The lowest BCUT2D eigenvalue weighted by Gasteiger charge is -2.28. The molecule has 0 aromatic rings. The first-order valence-corrected chi connectivity index (χ1v) is 9.05. The van der Waals surface area contributed by atoms with Crippen LogP contribution in [0.4, 0.5) is 0 Å². The highest BCUT2D eigenvalue weighted by Crippen LogP contribution is 2.26. The van der Waals surface area contributed by atoms with E-state index in [-0.39, 0.29) is 24.3 Å². The average Bonchev–Trinajstić information content (AvgIpc) is 3.31. The van der Waals surface area contributed by atoms with Gasteiger partial charge < -0.3 is 19.7 Å². The number of carbonyl (C=O) groups is 3. The van der Waals surface area contributed by atoms with Crippen LogP contribution in [-0.2, 0) is 23.9 Å². The zero-order valence-corrected chi connectivity index (χ0v) is 16.2. The van der Waals surface area contributed by atoms with Crippen LogP contribution in [-0.4, -0.2) is 61.1 Å². The van der Waals surface area contributed by atoms with Gasteiger partial charge in [-0.2, -0.15) is 0 Å². The Balaban J connectivity index is 2.66. The first kappa shape index (κ1) is 21.4. The van der Waals surface area contributed by atoms with E-state index in [9.17, 15) is 14.4 Å². The number of nitrogens with zero attached hydrogens (tertiary/aromatic N) is 1. The van der Waals surface area contributed by atoms with Crippen LogP contribution in [0, 0.1) is 11.8 Å². The van der Waals surface area contributed by atoms with Crippen molar-refractivity contribution < 1.29 is 23.9 Å². The summed E-state index contributed by atoms with van der Waals surface area (Å²) in [7, 11) is 1.58. The second kappa shape index (κ2) is 9.75. The van der Waals surface area contributed by atoms with Crippen LogP contribution >= 0.6 is 0 Å². The Labute approximate surface area is 150 Å². The number of nitrogens with one attached hydrogen (secondary N) is 1. The van der Waals surface area contributed by atoms with Crippen LogP contribution in [0.5, 0.6) is 0 Å². The third-order valence-electron chi connectivity index (χ3n) is 4.09. The molecular weight excluding hydrogens is 324 g/mol. The molecule has 25 heavy (non-hydrogen) atoms. The van der Waals surface area contributed by atoms with Gasteiger partial charge in [0, 0.05) is 13.6 Å². The molecule has 7 nitrogen and oxygen atoms in total. The summed E-state index contributed by atoms with van der Waals surface area (Å²) in [6, 6.07) is -0.577. The lowest BCUT2D eigenvalue weighted by Crippen LogP contribution is -2.50. The molecule has 1 aliphatic heterocycles. The lowest BCUT2D eigenvalue weighted by atomic mass is 10.0. The molecule has 1 fully saturated rings. The fourth-order valence-corrected chi connectivity index (χ4v) is 2.55. The molecule has 0 aliphatic carbocycles. The van der Waals surface area contributed by atoms with E-state index in [1.165, 1.54) is 4.90 Å². The van der Waals surface area contributed by atoms with Gasteiger partial charge in [0.15, 0.2) is 12.2 Å². The van der Waals surface area contributed by atoms with Crippen molar-refractivity contribution in [2.24, 2.45) is 11.8 Å². The Morgan fingerprint density at radius 2 is 1.76 bits per heavy atom. The molecule has 2 amide bonds. The van der Waals surface area contributed by atoms with Gasteiger partial charge in [0.05, 0.1) is 6.61 Å². The van der Waals surface area contributed by atoms with Crippen LogP contribution in [0.15, 0.2) is 0 Å². The van der Waals surface area contributed by atoms with Crippen molar-refractivity contribution in [2.45, 2.75) is 65.7 Å². The average molecular weight is 356 g/mol. The molecular formula is C18H32N2O5. The molecule has 1 heterocycles. The number of epoxide rings is 1. The first-order chi connectivity index (χ1) is 11.7. The topological polar surface area (TPSA) is 88.2 Å². The first-order valence-electron chi connectivity index (χ1n) is 9.05. The smallest absolute Gasteiger partial charge is 0.338 e. The maximum absolute atomic E-state index is 12.5. The summed E-state index contributed by atoms with van der Waals surface area (Å²) in [6.45, 7) is 10.7.